The lowest BCUT2D eigenvalue weighted by molar-refractivity contribution is -0.139. The molecule has 2 aromatic carbocycles. The van der Waals surface area contributed by atoms with E-state index in [-0.39, 0.29) is 14.9 Å². The normalized spacial score (nSPS) is 17.2. The standard InChI is InChI=1S/C23H22ClF3N2O3S2/c1-14-4-3-5-15(10-14)22-19(24)12-21(33-22)34(30,31)28-16-6-7-18(23(25,26)27)20(11-16)32-17-8-9-29(2)13-17/h3-7,10-12,17,28H,8-9,13H2,1-2H3/t17-/m1/s1. The summed E-state index contributed by atoms with van der Waals surface area (Å²) < 4.78 is 74.6. The van der Waals surface area contributed by atoms with Gasteiger partial charge in [-0.25, -0.2) is 8.42 Å². The minimum absolute atomic E-state index is 0.0315. The van der Waals surface area contributed by atoms with Crippen LogP contribution in [0.3, 0.4) is 0 Å². The Morgan fingerprint density at radius 1 is 1.18 bits per heavy atom. The lowest BCUT2D eigenvalue weighted by Crippen LogP contribution is -2.23. The molecule has 11 heteroatoms. The van der Waals surface area contributed by atoms with Crippen LogP contribution in [-0.4, -0.2) is 39.6 Å². The van der Waals surface area contributed by atoms with Crippen molar-refractivity contribution in [1.29, 1.82) is 0 Å². The van der Waals surface area contributed by atoms with Crippen molar-refractivity contribution in [1.82, 2.24) is 4.90 Å². The van der Waals surface area contributed by atoms with Gasteiger partial charge in [-0.2, -0.15) is 13.2 Å². The number of benzene rings is 2. The van der Waals surface area contributed by atoms with Gasteiger partial charge in [0.15, 0.2) is 0 Å². The van der Waals surface area contributed by atoms with E-state index in [1.165, 1.54) is 6.07 Å². The van der Waals surface area contributed by atoms with E-state index in [9.17, 15) is 21.6 Å². The highest BCUT2D eigenvalue weighted by molar-refractivity contribution is 7.94. The smallest absolute Gasteiger partial charge is 0.419 e. The van der Waals surface area contributed by atoms with Crippen LogP contribution in [0.25, 0.3) is 10.4 Å². The first-order chi connectivity index (χ1) is 15.9. The van der Waals surface area contributed by atoms with Gasteiger partial charge >= 0.3 is 6.18 Å². The molecule has 1 saturated heterocycles. The Labute approximate surface area is 205 Å². The molecular formula is C23H22ClF3N2O3S2. The summed E-state index contributed by atoms with van der Waals surface area (Å²) in [5.41, 5.74) is 0.792. The Balaban J connectivity index is 1.63. The van der Waals surface area contributed by atoms with Gasteiger partial charge in [-0.1, -0.05) is 41.4 Å². The van der Waals surface area contributed by atoms with Crippen molar-refractivity contribution in [2.75, 3.05) is 24.9 Å². The molecule has 2 heterocycles. The van der Waals surface area contributed by atoms with Crippen molar-refractivity contribution >= 4 is 38.6 Å². The number of likely N-dealkylation sites (N-methyl/N-ethyl adjacent to an activating group) is 1. The SMILES string of the molecule is Cc1cccc(-c2sc(S(=O)(=O)Nc3ccc(C(F)(F)F)c(O[C@@H]4CCN(C)C4)c3)cc2Cl)c1. The van der Waals surface area contributed by atoms with Gasteiger partial charge in [-0.05, 0) is 44.2 Å². The third-order valence-corrected chi connectivity index (χ3v) is 8.84. The molecule has 5 nitrogen and oxygen atoms in total. The van der Waals surface area contributed by atoms with E-state index in [0.717, 1.165) is 40.7 Å². The minimum atomic E-state index is -4.64. The Morgan fingerprint density at radius 3 is 2.59 bits per heavy atom. The highest BCUT2D eigenvalue weighted by atomic mass is 35.5. The Hall–Kier alpha value is -2.27. The van der Waals surface area contributed by atoms with Crippen molar-refractivity contribution in [2.45, 2.75) is 29.8 Å². The molecule has 0 spiro atoms. The topological polar surface area (TPSA) is 58.6 Å². The van der Waals surface area contributed by atoms with Crippen LogP contribution in [0.4, 0.5) is 18.9 Å². The van der Waals surface area contributed by atoms with Gasteiger partial charge in [0.25, 0.3) is 10.0 Å². The van der Waals surface area contributed by atoms with Crippen LogP contribution in [0.2, 0.25) is 5.02 Å². The molecule has 3 aromatic rings. The summed E-state index contributed by atoms with van der Waals surface area (Å²) in [5.74, 6) is -0.405. The van der Waals surface area contributed by atoms with E-state index in [2.05, 4.69) is 4.72 Å². The molecule has 1 aromatic heterocycles. The van der Waals surface area contributed by atoms with Crippen LogP contribution in [0, 0.1) is 6.92 Å². The third kappa shape index (κ3) is 5.51. The van der Waals surface area contributed by atoms with Crippen molar-refractivity contribution < 1.29 is 26.3 Å². The Bertz CT molecular complexity index is 1310. The van der Waals surface area contributed by atoms with Gasteiger partial charge in [0.1, 0.15) is 16.1 Å². The van der Waals surface area contributed by atoms with Crippen molar-refractivity contribution in [3.05, 3.63) is 64.7 Å². The van der Waals surface area contributed by atoms with E-state index in [4.69, 9.17) is 16.3 Å². The second-order valence-corrected chi connectivity index (χ2v) is 11.6. The molecule has 0 saturated carbocycles. The highest BCUT2D eigenvalue weighted by Gasteiger charge is 2.36. The molecule has 1 aliphatic rings. The second kappa shape index (κ2) is 9.41. The summed E-state index contributed by atoms with van der Waals surface area (Å²) in [5, 5.41) is 0.276. The predicted octanol–water partition coefficient (Wildman–Crippen LogP) is 6.28. The van der Waals surface area contributed by atoms with Gasteiger partial charge in [-0.15, -0.1) is 11.3 Å². The summed E-state index contributed by atoms with van der Waals surface area (Å²) in [6, 6.07) is 11.8. The molecule has 1 fully saturated rings. The number of alkyl halides is 3. The second-order valence-electron chi connectivity index (χ2n) is 8.22. The number of likely N-dealkylation sites (tertiary alicyclic amines) is 1. The third-order valence-electron chi connectivity index (χ3n) is 5.39. The van der Waals surface area contributed by atoms with Gasteiger partial charge in [-0.3, -0.25) is 4.72 Å². The minimum Gasteiger partial charge on any atom is -0.488 e. The maximum atomic E-state index is 13.5. The average molecular weight is 531 g/mol. The van der Waals surface area contributed by atoms with Crippen molar-refractivity contribution in [2.24, 2.45) is 0 Å². The number of aryl methyl sites for hydroxylation is 1. The molecule has 1 N–H and O–H groups in total. The summed E-state index contributed by atoms with van der Waals surface area (Å²) in [6.07, 6.45) is -4.47. The maximum absolute atomic E-state index is 13.5. The number of hydrogen-bond donors (Lipinski definition) is 1. The number of nitrogens with zero attached hydrogens (tertiary/aromatic N) is 1. The highest BCUT2D eigenvalue weighted by Crippen LogP contribution is 2.41. The zero-order chi connectivity index (χ0) is 24.7. The molecular weight excluding hydrogens is 509 g/mol. The number of hydrogen-bond acceptors (Lipinski definition) is 5. The maximum Gasteiger partial charge on any atom is 0.419 e. The van der Waals surface area contributed by atoms with E-state index < -0.39 is 33.6 Å². The lowest BCUT2D eigenvalue weighted by atomic mass is 10.1. The molecule has 0 bridgehead atoms. The first-order valence-electron chi connectivity index (χ1n) is 10.4. The first-order valence-corrected chi connectivity index (χ1v) is 13.1. The van der Waals surface area contributed by atoms with E-state index in [1.807, 2.05) is 43.1 Å². The number of nitrogens with one attached hydrogen (secondary N) is 1. The van der Waals surface area contributed by atoms with Crippen LogP contribution in [0.1, 0.15) is 17.5 Å². The number of thiophene rings is 1. The van der Waals surface area contributed by atoms with Crippen LogP contribution < -0.4 is 9.46 Å². The quantitative estimate of drug-likeness (QED) is 0.407. The molecule has 34 heavy (non-hydrogen) atoms. The van der Waals surface area contributed by atoms with E-state index in [1.54, 1.807) is 0 Å². The first kappa shape index (κ1) is 24.8. The molecule has 0 unspecified atom stereocenters. The number of rotatable bonds is 6. The molecule has 0 amide bonds. The zero-order valence-electron chi connectivity index (χ0n) is 18.3. The Kier molecular flexibility index (Phi) is 6.87. The lowest BCUT2D eigenvalue weighted by Gasteiger charge is -2.19. The van der Waals surface area contributed by atoms with Gasteiger partial charge in [0.05, 0.1) is 21.2 Å². The van der Waals surface area contributed by atoms with Gasteiger partial charge in [0.2, 0.25) is 0 Å². The molecule has 0 radical (unpaired) electrons. The molecule has 182 valence electrons. The van der Waals surface area contributed by atoms with E-state index in [0.29, 0.717) is 24.4 Å². The fourth-order valence-electron chi connectivity index (χ4n) is 3.76. The number of sulfonamides is 1. The molecule has 1 atom stereocenters. The van der Waals surface area contributed by atoms with Crippen LogP contribution >= 0.6 is 22.9 Å². The summed E-state index contributed by atoms with van der Waals surface area (Å²) in [6.45, 7) is 3.11. The molecule has 0 aliphatic carbocycles. The van der Waals surface area contributed by atoms with Crippen LogP contribution in [0.5, 0.6) is 5.75 Å². The largest absolute Gasteiger partial charge is 0.488 e. The van der Waals surface area contributed by atoms with Gasteiger partial charge < -0.3 is 9.64 Å². The summed E-state index contributed by atoms with van der Waals surface area (Å²) in [4.78, 5) is 2.55. The average Bonchev–Trinajstić information content (AvgIpc) is 3.32. The number of halogens is 4. The fourth-order valence-corrected chi connectivity index (χ4v) is 6.62. The summed E-state index contributed by atoms with van der Waals surface area (Å²) >= 11 is 7.30. The van der Waals surface area contributed by atoms with Crippen LogP contribution in [0.15, 0.2) is 52.7 Å². The van der Waals surface area contributed by atoms with Crippen molar-refractivity contribution in [3.63, 3.8) is 0 Å². The number of anilines is 1. The van der Waals surface area contributed by atoms with E-state index >= 15 is 0 Å². The number of ether oxygens (including phenoxy) is 1. The van der Waals surface area contributed by atoms with Crippen LogP contribution in [-0.2, 0) is 16.2 Å². The summed E-state index contributed by atoms with van der Waals surface area (Å²) in [7, 11) is -2.24. The fraction of sp³-hybridized carbons (Fsp3) is 0.304. The monoisotopic (exact) mass is 530 g/mol. The Morgan fingerprint density at radius 2 is 1.94 bits per heavy atom. The van der Waals surface area contributed by atoms with Crippen molar-refractivity contribution in [3.8, 4) is 16.2 Å². The zero-order valence-corrected chi connectivity index (χ0v) is 20.7. The van der Waals surface area contributed by atoms with Gasteiger partial charge in [0, 0.05) is 19.2 Å². The predicted molar refractivity (Wildman–Crippen MR) is 128 cm³/mol. The molecule has 1 aliphatic heterocycles. The molecule has 4 rings (SSSR count).